The van der Waals surface area contributed by atoms with Crippen molar-refractivity contribution in [3.05, 3.63) is 0 Å². The van der Waals surface area contributed by atoms with Gasteiger partial charge in [-0.05, 0) is 32.4 Å². The molecular formula is C12H27N. The zero-order chi connectivity index (χ0) is 10.3. The largest absolute Gasteiger partial charge is 0.309 e. The summed E-state index contributed by atoms with van der Waals surface area (Å²) in [5.74, 6) is 1.81. The van der Waals surface area contributed by atoms with Crippen molar-refractivity contribution >= 4 is 0 Å². The lowest BCUT2D eigenvalue weighted by Gasteiger charge is -2.22. The molecule has 0 bridgehead atoms. The van der Waals surface area contributed by atoms with Crippen molar-refractivity contribution in [1.82, 2.24) is 4.90 Å². The molecule has 0 aromatic rings. The Morgan fingerprint density at radius 2 is 1.77 bits per heavy atom. The van der Waals surface area contributed by atoms with E-state index >= 15 is 0 Å². The Hall–Kier alpha value is -0.0400. The van der Waals surface area contributed by atoms with Crippen LogP contribution >= 0.6 is 0 Å². The Balaban J connectivity index is 3.69. The summed E-state index contributed by atoms with van der Waals surface area (Å²) in [6.07, 6.45) is 5.46. The summed E-state index contributed by atoms with van der Waals surface area (Å²) >= 11 is 0. The molecule has 0 aliphatic carbocycles. The van der Waals surface area contributed by atoms with Gasteiger partial charge in [0.1, 0.15) is 0 Å². The molecule has 0 aromatic carbocycles. The zero-order valence-electron chi connectivity index (χ0n) is 10.1. The molecule has 0 aromatic heterocycles. The first-order valence-corrected chi connectivity index (χ1v) is 5.74. The maximum atomic E-state index is 2.39. The lowest BCUT2D eigenvalue weighted by atomic mass is 9.91. The summed E-state index contributed by atoms with van der Waals surface area (Å²) in [4.78, 5) is 2.31. The molecule has 0 amide bonds. The van der Waals surface area contributed by atoms with Gasteiger partial charge in [0.05, 0.1) is 0 Å². The standard InChI is InChI=1S/C12H27N/c1-6-8-11(3)9-12(7-2)10-13(4)5/h11-12H,6-10H2,1-5H3. The average molecular weight is 185 g/mol. The van der Waals surface area contributed by atoms with E-state index in [-0.39, 0.29) is 0 Å². The second kappa shape index (κ2) is 7.37. The van der Waals surface area contributed by atoms with Crippen molar-refractivity contribution in [3.63, 3.8) is 0 Å². The molecule has 13 heavy (non-hydrogen) atoms. The molecule has 0 saturated heterocycles. The monoisotopic (exact) mass is 185 g/mol. The lowest BCUT2D eigenvalue weighted by molar-refractivity contribution is 0.272. The molecule has 0 rings (SSSR count). The highest BCUT2D eigenvalue weighted by atomic mass is 15.1. The van der Waals surface area contributed by atoms with Crippen LogP contribution in [0.15, 0.2) is 0 Å². The van der Waals surface area contributed by atoms with Gasteiger partial charge in [-0.3, -0.25) is 0 Å². The average Bonchev–Trinajstić information content (AvgIpc) is 2.02. The summed E-state index contributed by atoms with van der Waals surface area (Å²) < 4.78 is 0. The van der Waals surface area contributed by atoms with Crippen LogP contribution in [0.2, 0.25) is 0 Å². The summed E-state index contributed by atoms with van der Waals surface area (Å²) in [6, 6.07) is 0. The van der Waals surface area contributed by atoms with E-state index in [9.17, 15) is 0 Å². The highest BCUT2D eigenvalue weighted by Gasteiger charge is 2.11. The number of hydrogen-bond acceptors (Lipinski definition) is 1. The van der Waals surface area contributed by atoms with Gasteiger partial charge in [0.2, 0.25) is 0 Å². The predicted octanol–water partition coefficient (Wildman–Crippen LogP) is 3.40. The van der Waals surface area contributed by atoms with E-state index in [1.165, 1.54) is 32.2 Å². The minimum Gasteiger partial charge on any atom is -0.309 e. The van der Waals surface area contributed by atoms with Crippen LogP contribution in [-0.4, -0.2) is 25.5 Å². The Morgan fingerprint density at radius 3 is 2.15 bits per heavy atom. The number of rotatable bonds is 7. The SMILES string of the molecule is CCCC(C)CC(CC)CN(C)C. The van der Waals surface area contributed by atoms with E-state index in [4.69, 9.17) is 0 Å². The molecular weight excluding hydrogens is 158 g/mol. The van der Waals surface area contributed by atoms with Crippen LogP contribution in [0, 0.1) is 11.8 Å². The van der Waals surface area contributed by atoms with Crippen molar-refractivity contribution in [1.29, 1.82) is 0 Å². The Morgan fingerprint density at radius 1 is 1.15 bits per heavy atom. The molecule has 2 unspecified atom stereocenters. The Labute approximate surface area is 84.5 Å². The molecule has 0 saturated carbocycles. The molecule has 0 radical (unpaired) electrons. The maximum absolute atomic E-state index is 2.39. The maximum Gasteiger partial charge on any atom is 0.000356 e. The van der Waals surface area contributed by atoms with Gasteiger partial charge < -0.3 is 4.90 Å². The van der Waals surface area contributed by atoms with E-state index in [1.807, 2.05) is 0 Å². The third kappa shape index (κ3) is 7.06. The van der Waals surface area contributed by atoms with Gasteiger partial charge in [-0.2, -0.15) is 0 Å². The molecule has 0 aliphatic heterocycles. The van der Waals surface area contributed by atoms with Gasteiger partial charge in [0, 0.05) is 6.54 Å². The van der Waals surface area contributed by atoms with Crippen LogP contribution in [0.25, 0.3) is 0 Å². The number of hydrogen-bond donors (Lipinski definition) is 0. The highest BCUT2D eigenvalue weighted by Crippen LogP contribution is 2.19. The minimum atomic E-state index is 0.900. The van der Waals surface area contributed by atoms with Gasteiger partial charge in [-0.15, -0.1) is 0 Å². The zero-order valence-corrected chi connectivity index (χ0v) is 10.1. The molecule has 2 atom stereocenters. The van der Waals surface area contributed by atoms with Crippen LogP contribution in [0.1, 0.15) is 46.5 Å². The van der Waals surface area contributed by atoms with E-state index in [0.29, 0.717) is 0 Å². The second-order valence-corrected chi connectivity index (χ2v) is 4.67. The van der Waals surface area contributed by atoms with Gasteiger partial charge in [-0.1, -0.05) is 40.0 Å². The van der Waals surface area contributed by atoms with Crippen LogP contribution in [-0.2, 0) is 0 Å². The first-order valence-electron chi connectivity index (χ1n) is 5.74. The first kappa shape index (κ1) is 13.0. The van der Waals surface area contributed by atoms with Gasteiger partial charge in [-0.25, -0.2) is 0 Å². The van der Waals surface area contributed by atoms with Crippen molar-refractivity contribution < 1.29 is 0 Å². The Bertz CT molecular complexity index is 110. The fraction of sp³-hybridized carbons (Fsp3) is 1.00. The topological polar surface area (TPSA) is 3.24 Å². The third-order valence-corrected chi connectivity index (χ3v) is 2.72. The van der Waals surface area contributed by atoms with E-state index in [2.05, 4.69) is 39.8 Å². The fourth-order valence-electron chi connectivity index (χ4n) is 2.07. The summed E-state index contributed by atoms with van der Waals surface area (Å²) in [7, 11) is 4.35. The smallest absolute Gasteiger partial charge is 0.000356 e. The first-order chi connectivity index (χ1) is 6.10. The second-order valence-electron chi connectivity index (χ2n) is 4.67. The van der Waals surface area contributed by atoms with Crippen molar-refractivity contribution in [2.75, 3.05) is 20.6 Å². The molecule has 0 spiro atoms. The fourth-order valence-corrected chi connectivity index (χ4v) is 2.07. The minimum absolute atomic E-state index is 0.900. The van der Waals surface area contributed by atoms with E-state index < -0.39 is 0 Å². The van der Waals surface area contributed by atoms with E-state index in [1.54, 1.807) is 0 Å². The van der Waals surface area contributed by atoms with Crippen LogP contribution in [0.4, 0.5) is 0 Å². The number of nitrogens with zero attached hydrogens (tertiary/aromatic N) is 1. The third-order valence-electron chi connectivity index (χ3n) is 2.72. The van der Waals surface area contributed by atoms with Gasteiger partial charge in [0.25, 0.3) is 0 Å². The van der Waals surface area contributed by atoms with Crippen LogP contribution in [0.3, 0.4) is 0 Å². The highest BCUT2D eigenvalue weighted by molar-refractivity contribution is 4.64. The van der Waals surface area contributed by atoms with Crippen molar-refractivity contribution in [3.8, 4) is 0 Å². The molecule has 0 heterocycles. The summed E-state index contributed by atoms with van der Waals surface area (Å²) in [5.41, 5.74) is 0. The molecule has 1 heteroatoms. The molecule has 80 valence electrons. The molecule has 1 nitrogen and oxygen atoms in total. The van der Waals surface area contributed by atoms with E-state index in [0.717, 1.165) is 11.8 Å². The summed E-state index contributed by atoms with van der Waals surface area (Å²) in [6.45, 7) is 8.24. The van der Waals surface area contributed by atoms with Crippen molar-refractivity contribution in [2.45, 2.75) is 46.5 Å². The van der Waals surface area contributed by atoms with Gasteiger partial charge >= 0.3 is 0 Å². The molecule has 0 N–H and O–H groups in total. The van der Waals surface area contributed by atoms with Crippen molar-refractivity contribution in [2.24, 2.45) is 11.8 Å². The Kier molecular flexibility index (Phi) is 7.35. The van der Waals surface area contributed by atoms with Gasteiger partial charge in [0.15, 0.2) is 0 Å². The van der Waals surface area contributed by atoms with Crippen LogP contribution in [0.5, 0.6) is 0 Å². The molecule has 0 fully saturated rings. The lowest BCUT2D eigenvalue weighted by Crippen LogP contribution is -2.22. The molecule has 0 aliphatic rings. The van der Waals surface area contributed by atoms with Crippen LogP contribution < -0.4 is 0 Å². The quantitative estimate of drug-likeness (QED) is 0.587. The predicted molar refractivity (Wildman–Crippen MR) is 61.0 cm³/mol. The summed E-state index contributed by atoms with van der Waals surface area (Å²) in [5, 5.41) is 0. The normalized spacial score (nSPS) is 16.2.